The number of nitrogens with one attached hydrogen (secondary N) is 1. The highest BCUT2D eigenvalue weighted by Crippen LogP contribution is 2.72. The third-order valence-corrected chi connectivity index (χ3v) is 10.0. The molecule has 31 heavy (non-hydrogen) atoms. The van der Waals surface area contributed by atoms with Crippen molar-refractivity contribution in [1.82, 2.24) is 19.5 Å². The summed E-state index contributed by atoms with van der Waals surface area (Å²) in [5, 5.41) is 26.1. The molecule has 2 heterocycles. The highest BCUT2D eigenvalue weighted by atomic mass is 35.5. The maximum atomic E-state index is 11.4. The van der Waals surface area contributed by atoms with Crippen LogP contribution in [-0.4, -0.2) is 53.4 Å². The maximum Gasteiger partial charge on any atom is 0.165 e. The number of rotatable bonds is 6. The van der Waals surface area contributed by atoms with E-state index in [0.717, 1.165) is 28.8 Å². The number of alkyl halides is 1. The highest BCUT2D eigenvalue weighted by molar-refractivity contribution is 6.18. The van der Waals surface area contributed by atoms with Gasteiger partial charge in [-0.25, -0.2) is 15.0 Å². The molecule has 4 saturated carbocycles. The van der Waals surface area contributed by atoms with E-state index in [0.29, 0.717) is 11.9 Å². The number of nitrogens with zero attached hydrogens (tertiary/aromatic N) is 4. The first kappa shape index (κ1) is 20.2. The van der Waals surface area contributed by atoms with E-state index in [1.807, 2.05) is 11.5 Å². The Hall–Kier alpha value is -1.44. The first-order valence-corrected chi connectivity index (χ1v) is 12.3. The van der Waals surface area contributed by atoms with Crippen molar-refractivity contribution in [2.24, 2.45) is 29.1 Å². The summed E-state index contributed by atoms with van der Waals surface area (Å²) >= 11 is 6.19. The average molecular weight is 446 g/mol. The molecule has 8 heteroatoms. The van der Waals surface area contributed by atoms with Crippen LogP contribution in [-0.2, 0) is 0 Å². The summed E-state index contributed by atoms with van der Waals surface area (Å²) in [6, 6.07) is 0.220. The van der Waals surface area contributed by atoms with Crippen LogP contribution in [0.25, 0.3) is 11.2 Å². The zero-order chi connectivity index (χ0) is 21.5. The summed E-state index contributed by atoms with van der Waals surface area (Å²) in [6.45, 7) is 4.05. The molecule has 4 fully saturated rings. The number of hydrogen-bond donors (Lipinski definition) is 3. The van der Waals surface area contributed by atoms with Gasteiger partial charge in [-0.15, -0.1) is 11.6 Å². The molecule has 0 saturated heterocycles. The molecule has 2 aromatic heterocycles. The summed E-state index contributed by atoms with van der Waals surface area (Å²) in [5.74, 6) is 2.60. The van der Waals surface area contributed by atoms with Crippen molar-refractivity contribution in [2.75, 3.05) is 11.2 Å². The predicted octanol–water partition coefficient (Wildman–Crippen LogP) is 3.36. The summed E-state index contributed by atoms with van der Waals surface area (Å²) in [6.07, 6.45) is 10.3. The van der Waals surface area contributed by atoms with Gasteiger partial charge >= 0.3 is 0 Å². The Balaban J connectivity index is 1.32. The van der Waals surface area contributed by atoms with E-state index in [9.17, 15) is 10.2 Å². The van der Waals surface area contributed by atoms with Crippen molar-refractivity contribution >= 4 is 28.6 Å². The quantitative estimate of drug-likeness (QED) is 0.590. The SMILES string of the molecule is C[C@@H]1[C@H]2C(n3cnc4c(NC(C5CCC5)C5CCC5)ncnc43)[C@@]2(O)[C@H](O)C1(C)CCl. The van der Waals surface area contributed by atoms with Crippen LogP contribution in [0.1, 0.15) is 58.4 Å². The van der Waals surface area contributed by atoms with Crippen molar-refractivity contribution in [3.05, 3.63) is 12.7 Å². The van der Waals surface area contributed by atoms with E-state index in [1.165, 1.54) is 38.5 Å². The summed E-state index contributed by atoms with van der Waals surface area (Å²) in [4.78, 5) is 13.7. The molecule has 3 N–H and O–H groups in total. The Bertz CT molecular complexity index is 993. The molecule has 4 aliphatic carbocycles. The molecule has 0 bridgehead atoms. The predicted molar refractivity (Wildman–Crippen MR) is 119 cm³/mol. The van der Waals surface area contributed by atoms with Gasteiger partial charge in [-0.1, -0.05) is 26.7 Å². The molecule has 2 aromatic rings. The highest BCUT2D eigenvalue weighted by Gasteiger charge is 2.80. The van der Waals surface area contributed by atoms with Crippen LogP contribution in [0.3, 0.4) is 0 Å². The molecule has 6 rings (SSSR count). The van der Waals surface area contributed by atoms with E-state index < -0.39 is 17.1 Å². The minimum atomic E-state index is -1.18. The van der Waals surface area contributed by atoms with E-state index in [4.69, 9.17) is 11.6 Å². The Labute approximate surface area is 187 Å². The number of aliphatic hydroxyl groups excluding tert-OH is 1. The first-order valence-electron chi connectivity index (χ1n) is 11.8. The first-order chi connectivity index (χ1) is 14.9. The lowest BCUT2D eigenvalue weighted by Gasteiger charge is -2.43. The molecule has 168 valence electrons. The van der Waals surface area contributed by atoms with E-state index >= 15 is 0 Å². The Morgan fingerprint density at radius 2 is 1.87 bits per heavy atom. The summed E-state index contributed by atoms with van der Waals surface area (Å²) < 4.78 is 1.95. The third kappa shape index (κ3) is 2.57. The Kier molecular flexibility index (Phi) is 4.42. The molecule has 0 amide bonds. The van der Waals surface area contributed by atoms with Gasteiger partial charge in [-0.3, -0.25) is 0 Å². The molecule has 0 radical (unpaired) electrons. The number of aromatic nitrogens is 4. The van der Waals surface area contributed by atoms with Crippen LogP contribution >= 0.6 is 11.6 Å². The lowest BCUT2D eigenvalue weighted by molar-refractivity contribution is -0.0567. The standard InChI is InChI=1S/C23H32ClN5O2/c1-12-15-18(23(15,31)21(30)22(12,2)9-24)29-11-27-17-19(25-10-26-20(17)29)28-16(13-5-3-6-13)14-7-4-8-14/h10-16,18,21,30-31H,3-9H2,1-2H3,(H,25,26,28)/t12-,15+,18?,21-,22?,23-/m1/s1. The second kappa shape index (κ2) is 6.78. The fraction of sp³-hybridized carbons (Fsp3) is 0.783. The maximum absolute atomic E-state index is 11.4. The Morgan fingerprint density at radius 1 is 1.19 bits per heavy atom. The average Bonchev–Trinajstić information content (AvgIpc) is 3.01. The smallest absolute Gasteiger partial charge is 0.165 e. The minimum Gasteiger partial charge on any atom is -0.389 e. The molecule has 2 unspecified atom stereocenters. The van der Waals surface area contributed by atoms with Gasteiger partial charge in [0.25, 0.3) is 0 Å². The number of imidazole rings is 1. The molecule has 7 nitrogen and oxygen atoms in total. The van der Waals surface area contributed by atoms with Gasteiger partial charge in [0.2, 0.25) is 0 Å². The van der Waals surface area contributed by atoms with Gasteiger partial charge in [-0.05, 0) is 43.4 Å². The van der Waals surface area contributed by atoms with Crippen LogP contribution in [0.2, 0.25) is 0 Å². The van der Waals surface area contributed by atoms with Crippen molar-refractivity contribution in [1.29, 1.82) is 0 Å². The number of aliphatic hydroxyl groups is 2. The number of halogens is 1. The number of fused-ring (bicyclic) bond motifs is 2. The van der Waals surface area contributed by atoms with Gasteiger partial charge in [-0.2, -0.15) is 0 Å². The van der Waals surface area contributed by atoms with Gasteiger partial charge < -0.3 is 20.1 Å². The Morgan fingerprint density at radius 3 is 2.39 bits per heavy atom. The fourth-order valence-electron chi connectivity index (χ4n) is 6.74. The summed E-state index contributed by atoms with van der Waals surface area (Å²) in [7, 11) is 0. The number of hydrogen-bond acceptors (Lipinski definition) is 6. The van der Waals surface area contributed by atoms with Crippen LogP contribution in [0.15, 0.2) is 12.7 Å². The fourth-order valence-corrected chi connectivity index (χ4v) is 7.12. The van der Waals surface area contributed by atoms with Crippen LogP contribution in [0, 0.1) is 29.1 Å². The largest absolute Gasteiger partial charge is 0.389 e. The monoisotopic (exact) mass is 445 g/mol. The van der Waals surface area contributed by atoms with E-state index in [2.05, 4.69) is 27.2 Å². The molecule has 0 aromatic carbocycles. The van der Waals surface area contributed by atoms with E-state index in [-0.39, 0.29) is 17.9 Å². The van der Waals surface area contributed by atoms with E-state index in [1.54, 1.807) is 12.7 Å². The lowest BCUT2D eigenvalue weighted by atomic mass is 9.68. The molecule has 6 atom stereocenters. The van der Waals surface area contributed by atoms with Gasteiger partial charge in [0.15, 0.2) is 11.5 Å². The molecular weight excluding hydrogens is 414 g/mol. The van der Waals surface area contributed by atoms with Crippen molar-refractivity contribution in [3.63, 3.8) is 0 Å². The third-order valence-electron chi connectivity index (χ3n) is 9.45. The normalized spacial score (nSPS) is 40.1. The van der Waals surface area contributed by atoms with Crippen LogP contribution < -0.4 is 5.32 Å². The molecule has 0 spiro atoms. The van der Waals surface area contributed by atoms with Crippen molar-refractivity contribution in [2.45, 2.75) is 76.2 Å². The van der Waals surface area contributed by atoms with Gasteiger partial charge in [0.1, 0.15) is 17.4 Å². The van der Waals surface area contributed by atoms with Crippen LogP contribution in [0.5, 0.6) is 0 Å². The second-order valence-corrected chi connectivity index (χ2v) is 11.1. The van der Waals surface area contributed by atoms with Gasteiger partial charge in [0.05, 0.1) is 18.5 Å². The van der Waals surface area contributed by atoms with Crippen molar-refractivity contribution in [3.8, 4) is 0 Å². The lowest BCUT2D eigenvalue weighted by Crippen LogP contribution is -2.44. The second-order valence-electron chi connectivity index (χ2n) is 10.8. The van der Waals surface area contributed by atoms with Crippen LogP contribution in [0.4, 0.5) is 5.82 Å². The molecular formula is C23H32ClN5O2. The van der Waals surface area contributed by atoms with Crippen molar-refractivity contribution < 1.29 is 10.2 Å². The molecule has 0 aliphatic heterocycles. The summed E-state index contributed by atoms with van der Waals surface area (Å²) in [5.41, 5.74) is -0.204. The van der Waals surface area contributed by atoms with Gasteiger partial charge in [0, 0.05) is 23.3 Å². The topological polar surface area (TPSA) is 96.1 Å². The molecule has 4 aliphatic rings. The zero-order valence-corrected chi connectivity index (χ0v) is 19.0. The zero-order valence-electron chi connectivity index (χ0n) is 18.2. The number of anilines is 1. The minimum absolute atomic E-state index is 0.0623.